The maximum atomic E-state index is 12.5. The summed E-state index contributed by atoms with van der Waals surface area (Å²) >= 11 is 0. The van der Waals surface area contributed by atoms with Gasteiger partial charge in [-0.3, -0.25) is 10.1 Å². The molecule has 0 aliphatic carbocycles. The SMILES string of the molecule is CC(C(=O)Nc1nc2n(n1)CCCC2)n1cnc2c(N)ncnc21. The monoisotopic (exact) mass is 327 g/mol. The molecule has 1 aliphatic rings. The van der Waals surface area contributed by atoms with Crippen LogP contribution in [0.5, 0.6) is 0 Å². The summed E-state index contributed by atoms with van der Waals surface area (Å²) in [7, 11) is 0. The van der Waals surface area contributed by atoms with Crippen molar-refractivity contribution in [1.29, 1.82) is 0 Å². The number of carbonyl (C=O) groups is 1. The van der Waals surface area contributed by atoms with Crippen molar-refractivity contribution in [2.75, 3.05) is 11.1 Å². The average molecular weight is 327 g/mol. The Morgan fingerprint density at radius 1 is 1.33 bits per heavy atom. The summed E-state index contributed by atoms with van der Waals surface area (Å²) in [5, 5.41) is 7.10. The molecule has 0 saturated heterocycles. The third-order valence-corrected chi connectivity index (χ3v) is 4.19. The van der Waals surface area contributed by atoms with Crippen molar-refractivity contribution in [2.24, 2.45) is 0 Å². The van der Waals surface area contributed by atoms with Crippen LogP contribution in [0.4, 0.5) is 11.8 Å². The Morgan fingerprint density at radius 3 is 3.04 bits per heavy atom. The highest BCUT2D eigenvalue weighted by Crippen LogP contribution is 2.20. The van der Waals surface area contributed by atoms with Gasteiger partial charge in [-0.2, -0.15) is 4.98 Å². The number of carbonyl (C=O) groups excluding carboxylic acids is 1. The molecule has 3 aromatic heterocycles. The lowest BCUT2D eigenvalue weighted by molar-refractivity contribution is -0.118. The summed E-state index contributed by atoms with van der Waals surface area (Å²) in [5.41, 5.74) is 6.77. The van der Waals surface area contributed by atoms with Gasteiger partial charge >= 0.3 is 0 Å². The highest BCUT2D eigenvalue weighted by Gasteiger charge is 2.21. The fraction of sp³-hybridized carbons (Fsp3) is 0.429. The van der Waals surface area contributed by atoms with E-state index in [0.717, 1.165) is 31.6 Å². The molecule has 4 rings (SSSR count). The predicted octanol–water partition coefficient (Wildman–Crippen LogP) is 0.536. The first kappa shape index (κ1) is 14.5. The van der Waals surface area contributed by atoms with Crippen molar-refractivity contribution in [3.63, 3.8) is 0 Å². The summed E-state index contributed by atoms with van der Waals surface area (Å²) in [6.45, 7) is 2.60. The van der Waals surface area contributed by atoms with E-state index in [-0.39, 0.29) is 11.7 Å². The van der Waals surface area contributed by atoms with E-state index in [9.17, 15) is 4.79 Å². The molecule has 124 valence electrons. The molecule has 0 fully saturated rings. The number of nitrogens with one attached hydrogen (secondary N) is 1. The number of aromatic nitrogens is 7. The van der Waals surface area contributed by atoms with Crippen molar-refractivity contribution >= 4 is 28.8 Å². The molecule has 0 saturated carbocycles. The fourth-order valence-electron chi connectivity index (χ4n) is 2.83. The molecular formula is C14H17N9O. The quantitative estimate of drug-likeness (QED) is 0.718. The normalized spacial score (nSPS) is 15.2. The lowest BCUT2D eigenvalue weighted by atomic mass is 10.2. The minimum atomic E-state index is -0.537. The van der Waals surface area contributed by atoms with Crippen LogP contribution in [0.25, 0.3) is 11.2 Å². The van der Waals surface area contributed by atoms with Gasteiger partial charge in [0.2, 0.25) is 11.9 Å². The van der Waals surface area contributed by atoms with Gasteiger partial charge in [-0.25, -0.2) is 19.6 Å². The first-order valence-electron chi connectivity index (χ1n) is 7.81. The second kappa shape index (κ2) is 5.55. The molecule has 10 nitrogen and oxygen atoms in total. The van der Waals surface area contributed by atoms with Gasteiger partial charge in [-0.15, -0.1) is 5.10 Å². The topological polar surface area (TPSA) is 129 Å². The Kier molecular flexibility index (Phi) is 3.36. The van der Waals surface area contributed by atoms with Crippen LogP contribution in [0.1, 0.15) is 31.6 Å². The van der Waals surface area contributed by atoms with Crippen molar-refractivity contribution in [1.82, 2.24) is 34.3 Å². The van der Waals surface area contributed by atoms with Crippen LogP contribution in [0.3, 0.4) is 0 Å². The van der Waals surface area contributed by atoms with Crippen LogP contribution >= 0.6 is 0 Å². The number of hydrogen-bond donors (Lipinski definition) is 2. The number of fused-ring (bicyclic) bond motifs is 2. The van der Waals surface area contributed by atoms with Crippen LogP contribution in [-0.4, -0.2) is 40.2 Å². The lowest BCUT2D eigenvalue weighted by Gasteiger charge is -2.12. The highest BCUT2D eigenvalue weighted by atomic mass is 16.2. The van der Waals surface area contributed by atoms with Crippen LogP contribution in [0.2, 0.25) is 0 Å². The zero-order chi connectivity index (χ0) is 16.7. The number of amides is 1. The molecule has 1 atom stereocenters. The molecule has 0 aromatic carbocycles. The molecule has 0 bridgehead atoms. The smallest absolute Gasteiger partial charge is 0.249 e. The number of aryl methyl sites for hydroxylation is 2. The number of imidazole rings is 1. The van der Waals surface area contributed by atoms with E-state index < -0.39 is 6.04 Å². The van der Waals surface area contributed by atoms with Crippen LogP contribution in [0, 0.1) is 0 Å². The van der Waals surface area contributed by atoms with Gasteiger partial charge in [0.15, 0.2) is 11.5 Å². The Bertz CT molecular complexity index is 889. The minimum absolute atomic E-state index is 0.241. The zero-order valence-corrected chi connectivity index (χ0v) is 13.2. The second-order valence-electron chi connectivity index (χ2n) is 5.78. The van der Waals surface area contributed by atoms with E-state index in [1.807, 2.05) is 4.68 Å². The summed E-state index contributed by atoms with van der Waals surface area (Å²) in [6, 6.07) is -0.537. The van der Waals surface area contributed by atoms with Crippen LogP contribution in [-0.2, 0) is 17.8 Å². The molecule has 1 aliphatic heterocycles. The Labute approximate surface area is 137 Å². The zero-order valence-electron chi connectivity index (χ0n) is 13.2. The molecule has 10 heteroatoms. The number of rotatable bonds is 3. The van der Waals surface area contributed by atoms with Gasteiger partial charge in [-0.05, 0) is 19.8 Å². The van der Waals surface area contributed by atoms with E-state index in [1.165, 1.54) is 12.7 Å². The largest absolute Gasteiger partial charge is 0.382 e. The van der Waals surface area contributed by atoms with Gasteiger partial charge in [0, 0.05) is 13.0 Å². The fourth-order valence-corrected chi connectivity index (χ4v) is 2.83. The van der Waals surface area contributed by atoms with Crippen LogP contribution < -0.4 is 11.1 Å². The third-order valence-electron chi connectivity index (χ3n) is 4.19. The first-order valence-corrected chi connectivity index (χ1v) is 7.81. The Morgan fingerprint density at radius 2 is 2.21 bits per heavy atom. The lowest BCUT2D eigenvalue weighted by Crippen LogP contribution is -2.24. The molecule has 0 radical (unpaired) electrons. The highest BCUT2D eigenvalue weighted by molar-refractivity contribution is 5.93. The number of nitrogens with two attached hydrogens (primary N) is 1. The number of anilines is 2. The van der Waals surface area contributed by atoms with Crippen molar-refractivity contribution in [3.8, 4) is 0 Å². The van der Waals surface area contributed by atoms with E-state index in [0.29, 0.717) is 17.1 Å². The van der Waals surface area contributed by atoms with Gasteiger partial charge in [0.1, 0.15) is 23.7 Å². The van der Waals surface area contributed by atoms with Crippen molar-refractivity contribution in [3.05, 3.63) is 18.5 Å². The summed E-state index contributed by atoms with van der Waals surface area (Å²) in [4.78, 5) is 29.1. The molecule has 0 spiro atoms. The molecule has 4 heterocycles. The van der Waals surface area contributed by atoms with Crippen LogP contribution in [0.15, 0.2) is 12.7 Å². The first-order chi connectivity index (χ1) is 11.6. The molecule has 1 amide bonds. The molecule has 24 heavy (non-hydrogen) atoms. The Hall–Kier alpha value is -3.04. The third kappa shape index (κ3) is 2.36. The van der Waals surface area contributed by atoms with E-state index in [2.05, 4.69) is 30.4 Å². The predicted molar refractivity (Wildman–Crippen MR) is 86.0 cm³/mol. The average Bonchev–Trinajstić information content (AvgIpc) is 3.18. The number of hydrogen-bond acceptors (Lipinski definition) is 7. The molecule has 3 aromatic rings. The minimum Gasteiger partial charge on any atom is -0.382 e. The van der Waals surface area contributed by atoms with Gasteiger partial charge in [0.05, 0.1) is 6.33 Å². The van der Waals surface area contributed by atoms with E-state index in [1.54, 1.807) is 11.5 Å². The second-order valence-corrected chi connectivity index (χ2v) is 5.78. The summed E-state index contributed by atoms with van der Waals surface area (Å²) in [6.07, 6.45) is 5.96. The van der Waals surface area contributed by atoms with E-state index >= 15 is 0 Å². The summed E-state index contributed by atoms with van der Waals surface area (Å²) < 4.78 is 3.50. The van der Waals surface area contributed by atoms with Gasteiger partial charge < -0.3 is 10.3 Å². The Balaban J connectivity index is 1.57. The maximum Gasteiger partial charge on any atom is 0.249 e. The maximum absolute atomic E-state index is 12.5. The summed E-state index contributed by atoms with van der Waals surface area (Å²) in [5.74, 6) is 1.30. The van der Waals surface area contributed by atoms with Gasteiger partial charge in [0.25, 0.3) is 0 Å². The number of nitrogens with zero attached hydrogens (tertiary/aromatic N) is 7. The van der Waals surface area contributed by atoms with Crippen molar-refractivity contribution < 1.29 is 4.79 Å². The van der Waals surface area contributed by atoms with Gasteiger partial charge in [-0.1, -0.05) is 0 Å². The number of nitrogen functional groups attached to an aromatic ring is 1. The molecule has 3 N–H and O–H groups in total. The van der Waals surface area contributed by atoms with Crippen molar-refractivity contribution in [2.45, 2.75) is 38.8 Å². The molecule has 1 unspecified atom stereocenters. The molecular weight excluding hydrogens is 310 g/mol. The standard InChI is InChI=1S/C14H17N9O/c1-8(22-7-18-10-11(15)16-6-17-12(10)22)13(24)20-14-19-9-4-2-3-5-23(9)21-14/h6-8H,2-5H2,1H3,(H2,15,16,17)(H,20,21,24). The van der Waals surface area contributed by atoms with E-state index in [4.69, 9.17) is 5.73 Å².